The fraction of sp³-hybridized carbons (Fsp3) is 0.471. The molecule has 3 N–H and O–H groups in total. The number of rotatable bonds is 5. The molecular formula is C17H21ClN2O5. The number of carboxylic acid groups (broad SMARTS) is 1. The summed E-state index contributed by atoms with van der Waals surface area (Å²) in [6.45, 7) is 1.52. The highest BCUT2D eigenvalue weighted by atomic mass is 35.5. The monoisotopic (exact) mass is 368 g/mol. The minimum absolute atomic E-state index is 0.282. The second-order valence-electron chi connectivity index (χ2n) is 6.07. The van der Waals surface area contributed by atoms with Crippen LogP contribution in [0, 0.1) is 18.8 Å². The molecule has 1 fully saturated rings. The number of aliphatic carboxylic acids is 1. The maximum atomic E-state index is 12.1. The van der Waals surface area contributed by atoms with E-state index in [2.05, 4.69) is 10.9 Å². The van der Waals surface area contributed by atoms with Crippen molar-refractivity contribution in [2.24, 2.45) is 11.8 Å². The van der Waals surface area contributed by atoms with Crippen molar-refractivity contribution < 1.29 is 24.2 Å². The largest absolute Gasteiger partial charge is 0.483 e. The highest BCUT2D eigenvalue weighted by Gasteiger charge is 2.35. The lowest BCUT2D eigenvalue weighted by Crippen LogP contribution is -2.49. The quantitative estimate of drug-likeness (QED) is 0.690. The molecule has 25 heavy (non-hydrogen) atoms. The lowest BCUT2D eigenvalue weighted by atomic mass is 9.79. The van der Waals surface area contributed by atoms with Gasteiger partial charge >= 0.3 is 5.97 Å². The Morgan fingerprint density at radius 2 is 1.88 bits per heavy atom. The number of nitrogens with one attached hydrogen (secondary N) is 2. The van der Waals surface area contributed by atoms with E-state index in [1.54, 1.807) is 25.1 Å². The topological polar surface area (TPSA) is 105 Å². The fourth-order valence-corrected chi connectivity index (χ4v) is 3.15. The molecule has 0 saturated heterocycles. The van der Waals surface area contributed by atoms with E-state index in [-0.39, 0.29) is 6.61 Å². The average molecular weight is 369 g/mol. The predicted octanol–water partition coefficient (Wildman–Crippen LogP) is 2.07. The molecule has 1 saturated carbocycles. The van der Waals surface area contributed by atoms with Crippen LogP contribution in [0.4, 0.5) is 0 Å². The zero-order valence-corrected chi connectivity index (χ0v) is 14.6. The van der Waals surface area contributed by atoms with Crippen molar-refractivity contribution in [2.75, 3.05) is 6.61 Å². The Bertz CT molecular complexity index is 664. The highest BCUT2D eigenvalue weighted by molar-refractivity contribution is 6.30. The fourth-order valence-electron chi connectivity index (χ4n) is 2.92. The molecule has 2 atom stereocenters. The Kier molecular flexibility index (Phi) is 6.64. The van der Waals surface area contributed by atoms with Crippen molar-refractivity contribution in [2.45, 2.75) is 32.6 Å². The van der Waals surface area contributed by atoms with E-state index in [0.29, 0.717) is 23.6 Å². The number of hydrazine groups is 1. The minimum atomic E-state index is -0.979. The molecule has 136 valence electrons. The van der Waals surface area contributed by atoms with Gasteiger partial charge in [-0.15, -0.1) is 0 Å². The van der Waals surface area contributed by atoms with Crippen LogP contribution in [0.3, 0.4) is 0 Å². The SMILES string of the molecule is Cc1cc(Cl)ccc1OCC(=O)NNC(=O)[C@H]1CCCC[C@H]1C(=O)O. The summed E-state index contributed by atoms with van der Waals surface area (Å²) in [5, 5.41) is 9.77. The van der Waals surface area contributed by atoms with Crippen LogP contribution < -0.4 is 15.6 Å². The maximum Gasteiger partial charge on any atom is 0.307 e. The summed E-state index contributed by atoms with van der Waals surface area (Å²) in [4.78, 5) is 35.2. The van der Waals surface area contributed by atoms with Crippen molar-refractivity contribution in [1.29, 1.82) is 0 Å². The summed E-state index contributed by atoms with van der Waals surface area (Å²) in [7, 11) is 0. The number of carbonyl (C=O) groups is 3. The molecule has 2 amide bonds. The smallest absolute Gasteiger partial charge is 0.307 e. The molecule has 1 aromatic rings. The van der Waals surface area contributed by atoms with Crippen LogP contribution in [0.5, 0.6) is 5.75 Å². The molecule has 0 aliphatic heterocycles. The summed E-state index contributed by atoms with van der Waals surface area (Å²) in [6.07, 6.45) is 2.57. The van der Waals surface area contributed by atoms with Crippen LogP contribution in [0.1, 0.15) is 31.2 Å². The summed E-state index contributed by atoms with van der Waals surface area (Å²) in [6, 6.07) is 5.02. The van der Waals surface area contributed by atoms with Gasteiger partial charge in [-0.05, 0) is 43.5 Å². The summed E-state index contributed by atoms with van der Waals surface area (Å²) in [5.74, 6) is -2.82. The number of ether oxygens (including phenoxy) is 1. The van der Waals surface area contributed by atoms with Gasteiger partial charge in [0.15, 0.2) is 6.61 Å². The van der Waals surface area contributed by atoms with E-state index >= 15 is 0 Å². The molecule has 0 unspecified atom stereocenters. The number of hydrogen-bond acceptors (Lipinski definition) is 4. The van der Waals surface area contributed by atoms with Crippen LogP contribution in [0.15, 0.2) is 18.2 Å². The zero-order valence-electron chi connectivity index (χ0n) is 13.9. The van der Waals surface area contributed by atoms with E-state index in [1.807, 2.05) is 0 Å². The highest BCUT2D eigenvalue weighted by Crippen LogP contribution is 2.30. The van der Waals surface area contributed by atoms with Gasteiger partial charge in [-0.25, -0.2) is 0 Å². The Morgan fingerprint density at radius 3 is 2.52 bits per heavy atom. The number of carbonyl (C=O) groups excluding carboxylic acids is 2. The molecule has 1 aliphatic carbocycles. The lowest BCUT2D eigenvalue weighted by molar-refractivity contribution is -0.149. The average Bonchev–Trinajstić information content (AvgIpc) is 2.58. The van der Waals surface area contributed by atoms with Gasteiger partial charge in [0.1, 0.15) is 5.75 Å². The van der Waals surface area contributed by atoms with Gasteiger partial charge in [-0.1, -0.05) is 24.4 Å². The lowest BCUT2D eigenvalue weighted by Gasteiger charge is -2.27. The summed E-state index contributed by atoms with van der Waals surface area (Å²) in [5.41, 5.74) is 5.34. The van der Waals surface area contributed by atoms with E-state index in [0.717, 1.165) is 18.4 Å². The van der Waals surface area contributed by atoms with Crippen molar-refractivity contribution >= 4 is 29.4 Å². The molecule has 0 aromatic heterocycles. The van der Waals surface area contributed by atoms with Crippen molar-refractivity contribution in [3.63, 3.8) is 0 Å². The molecule has 0 heterocycles. The van der Waals surface area contributed by atoms with Crippen LogP contribution in [-0.4, -0.2) is 29.5 Å². The maximum absolute atomic E-state index is 12.1. The normalized spacial score (nSPS) is 19.8. The zero-order chi connectivity index (χ0) is 18.4. The third-order valence-electron chi connectivity index (χ3n) is 4.24. The Hall–Kier alpha value is -2.28. The number of halogens is 1. The number of amides is 2. The standard InChI is InChI=1S/C17H21ClN2O5/c1-10-8-11(18)6-7-14(10)25-9-15(21)19-20-16(22)12-4-2-3-5-13(12)17(23)24/h6-8,12-13H,2-5,9H2,1H3,(H,19,21)(H,20,22)(H,23,24)/t12-,13+/m0/s1. The second kappa shape index (κ2) is 8.71. The second-order valence-corrected chi connectivity index (χ2v) is 6.51. The first kappa shape index (κ1) is 19.1. The Balaban J connectivity index is 1.80. The van der Waals surface area contributed by atoms with Crippen molar-refractivity contribution in [3.8, 4) is 5.75 Å². The van der Waals surface area contributed by atoms with E-state index < -0.39 is 29.6 Å². The molecule has 2 rings (SSSR count). The van der Waals surface area contributed by atoms with Crippen molar-refractivity contribution in [1.82, 2.24) is 10.9 Å². The first-order valence-electron chi connectivity index (χ1n) is 8.09. The van der Waals surface area contributed by atoms with Gasteiger partial charge in [0.25, 0.3) is 5.91 Å². The molecule has 8 heteroatoms. The predicted molar refractivity (Wildman–Crippen MR) is 91.1 cm³/mol. The molecule has 7 nitrogen and oxygen atoms in total. The summed E-state index contributed by atoms with van der Waals surface area (Å²) >= 11 is 5.85. The molecule has 0 radical (unpaired) electrons. The van der Waals surface area contributed by atoms with E-state index in [1.165, 1.54) is 0 Å². The minimum Gasteiger partial charge on any atom is -0.483 e. The van der Waals surface area contributed by atoms with Crippen LogP contribution in [-0.2, 0) is 14.4 Å². The molecule has 0 bridgehead atoms. The third-order valence-corrected chi connectivity index (χ3v) is 4.48. The number of hydrogen-bond donors (Lipinski definition) is 3. The van der Waals surface area contributed by atoms with E-state index in [9.17, 15) is 19.5 Å². The van der Waals surface area contributed by atoms with Gasteiger partial charge in [0, 0.05) is 5.02 Å². The van der Waals surface area contributed by atoms with Crippen LogP contribution >= 0.6 is 11.6 Å². The summed E-state index contributed by atoms with van der Waals surface area (Å²) < 4.78 is 5.37. The van der Waals surface area contributed by atoms with Crippen LogP contribution in [0.25, 0.3) is 0 Å². The van der Waals surface area contributed by atoms with Crippen LogP contribution in [0.2, 0.25) is 5.02 Å². The molecule has 1 aromatic carbocycles. The van der Waals surface area contributed by atoms with Gasteiger partial charge in [0.2, 0.25) is 5.91 Å². The van der Waals surface area contributed by atoms with Gasteiger partial charge in [-0.2, -0.15) is 0 Å². The van der Waals surface area contributed by atoms with Gasteiger partial charge in [-0.3, -0.25) is 25.2 Å². The first-order valence-corrected chi connectivity index (χ1v) is 8.46. The van der Waals surface area contributed by atoms with Gasteiger partial charge in [0.05, 0.1) is 11.8 Å². The molecular weight excluding hydrogens is 348 g/mol. The van der Waals surface area contributed by atoms with Crippen molar-refractivity contribution in [3.05, 3.63) is 28.8 Å². The van der Waals surface area contributed by atoms with E-state index in [4.69, 9.17) is 16.3 Å². The number of benzene rings is 1. The van der Waals surface area contributed by atoms with Gasteiger partial charge < -0.3 is 9.84 Å². The molecule has 1 aliphatic rings. The Labute approximate surface area is 150 Å². The third kappa shape index (κ3) is 5.35. The number of aryl methyl sites for hydroxylation is 1. The molecule has 0 spiro atoms. The first-order chi connectivity index (χ1) is 11.9. The Morgan fingerprint density at radius 1 is 1.20 bits per heavy atom. The number of carboxylic acids is 1.